The van der Waals surface area contributed by atoms with Crippen LogP contribution in [0.1, 0.15) is 29.1 Å². The first kappa shape index (κ1) is 14.7. The maximum absolute atomic E-state index is 12.2. The van der Waals surface area contributed by atoms with E-state index in [1.807, 2.05) is 0 Å². The predicted molar refractivity (Wildman–Crippen MR) is 77.1 cm³/mol. The Hall–Kier alpha value is -2.67. The molecule has 2 N–H and O–H groups in total. The zero-order valence-corrected chi connectivity index (χ0v) is 11.6. The number of rotatable bonds is 4. The minimum absolute atomic E-state index is 0.163. The van der Waals surface area contributed by atoms with Crippen LogP contribution in [-0.4, -0.2) is 20.5 Å². The number of anilines is 1. The molecule has 0 bridgehead atoms. The summed E-state index contributed by atoms with van der Waals surface area (Å²) in [5.41, 5.74) is 1.22. The van der Waals surface area contributed by atoms with Gasteiger partial charge in [0.25, 0.3) is 5.91 Å². The van der Waals surface area contributed by atoms with E-state index in [0.29, 0.717) is 11.3 Å². The van der Waals surface area contributed by atoms with Crippen LogP contribution in [0.4, 0.5) is 11.5 Å². The highest BCUT2D eigenvalue weighted by molar-refractivity contribution is 6.04. The molecule has 2 rings (SSSR count). The smallest absolute Gasteiger partial charge is 0.323 e. The van der Waals surface area contributed by atoms with E-state index in [0.717, 1.165) is 0 Å². The van der Waals surface area contributed by atoms with Crippen molar-refractivity contribution in [2.24, 2.45) is 7.05 Å². The number of carbonyl (C=O) groups is 1. The lowest BCUT2D eigenvalue weighted by atomic mass is 10.1. The Morgan fingerprint density at radius 1 is 1.33 bits per heavy atom. The lowest BCUT2D eigenvalue weighted by Gasteiger charge is -2.12. The molecule has 7 nitrogen and oxygen atoms in total. The number of aliphatic hydroxyl groups is 1. The van der Waals surface area contributed by atoms with Crippen molar-refractivity contribution in [3.63, 3.8) is 0 Å². The molecule has 21 heavy (non-hydrogen) atoms. The van der Waals surface area contributed by atoms with Gasteiger partial charge in [-0.25, -0.2) is 4.57 Å². The molecule has 0 spiro atoms. The second kappa shape index (κ2) is 5.76. The van der Waals surface area contributed by atoms with Crippen molar-refractivity contribution in [3.8, 4) is 0 Å². The minimum Gasteiger partial charge on any atom is -0.389 e. The Bertz CT molecular complexity index is 691. The van der Waals surface area contributed by atoms with Crippen LogP contribution in [0.5, 0.6) is 0 Å². The molecule has 0 aliphatic heterocycles. The molecule has 1 aromatic heterocycles. The number of hydrogen-bond donors (Lipinski definition) is 2. The van der Waals surface area contributed by atoms with E-state index in [9.17, 15) is 20.0 Å². The van der Waals surface area contributed by atoms with Gasteiger partial charge in [-0.3, -0.25) is 4.79 Å². The number of benzene rings is 1. The zero-order chi connectivity index (χ0) is 15.6. The number of hydrogen-bond acceptors (Lipinski definition) is 4. The average molecular weight is 289 g/mol. The molecule has 1 aromatic carbocycles. The number of nitrogens with one attached hydrogen (secondary N) is 1. The second-order valence-electron chi connectivity index (χ2n) is 4.61. The molecule has 0 aliphatic carbocycles. The quantitative estimate of drug-likeness (QED) is 0.666. The predicted octanol–water partition coefficient (Wildman–Crippen LogP) is 2.24. The van der Waals surface area contributed by atoms with E-state index in [1.165, 1.54) is 23.7 Å². The Morgan fingerprint density at radius 3 is 2.57 bits per heavy atom. The van der Waals surface area contributed by atoms with E-state index in [2.05, 4.69) is 5.32 Å². The van der Waals surface area contributed by atoms with Gasteiger partial charge < -0.3 is 20.5 Å². The second-order valence-corrected chi connectivity index (χ2v) is 4.61. The maximum Gasteiger partial charge on any atom is 0.323 e. The molecule has 1 unspecified atom stereocenters. The van der Waals surface area contributed by atoms with Crippen molar-refractivity contribution in [1.29, 1.82) is 0 Å². The van der Waals surface area contributed by atoms with Crippen molar-refractivity contribution < 1.29 is 14.8 Å². The van der Waals surface area contributed by atoms with Crippen LogP contribution in [0, 0.1) is 10.1 Å². The average Bonchev–Trinajstić information content (AvgIpc) is 2.81. The van der Waals surface area contributed by atoms with Crippen molar-refractivity contribution >= 4 is 17.4 Å². The maximum atomic E-state index is 12.2. The first-order chi connectivity index (χ1) is 9.91. The minimum atomic E-state index is -0.732. The highest BCUT2D eigenvalue weighted by Gasteiger charge is 2.21. The van der Waals surface area contributed by atoms with Gasteiger partial charge in [-0.15, -0.1) is 0 Å². The Kier molecular flexibility index (Phi) is 4.04. The lowest BCUT2D eigenvalue weighted by molar-refractivity contribution is -0.391. The number of nitro groups is 1. The van der Waals surface area contributed by atoms with Gasteiger partial charge in [0.1, 0.15) is 0 Å². The molecule has 0 saturated heterocycles. The van der Waals surface area contributed by atoms with Crippen molar-refractivity contribution in [2.45, 2.75) is 13.0 Å². The molecule has 0 saturated carbocycles. The van der Waals surface area contributed by atoms with E-state index in [4.69, 9.17) is 0 Å². The van der Waals surface area contributed by atoms with Crippen LogP contribution in [0.25, 0.3) is 0 Å². The Labute approximate surface area is 121 Å². The topological polar surface area (TPSA) is 97.4 Å². The number of carbonyl (C=O) groups excluding carboxylic acids is 1. The fraction of sp³-hybridized carbons (Fsp3) is 0.214. The molecule has 0 aliphatic rings. The molecule has 7 heteroatoms. The van der Waals surface area contributed by atoms with E-state index >= 15 is 0 Å². The van der Waals surface area contributed by atoms with Gasteiger partial charge in [-0.2, -0.15) is 0 Å². The van der Waals surface area contributed by atoms with Gasteiger partial charge in [0, 0.05) is 17.3 Å². The Balaban J connectivity index is 2.29. The summed E-state index contributed by atoms with van der Waals surface area (Å²) in [7, 11) is 1.45. The van der Waals surface area contributed by atoms with Gasteiger partial charge in [-0.1, -0.05) is 18.2 Å². The van der Waals surface area contributed by atoms with E-state index in [1.54, 1.807) is 31.2 Å². The molecule has 110 valence electrons. The summed E-state index contributed by atoms with van der Waals surface area (Å²) in [4.78, 5) is 22.4. The highest BCUT2D eigenvalue weighted by Crippen LogP contribution is 2.23. The number of aliphatic hydroxyl groups excluding tert-OH is 1. The molecular weight excluding hydrogens is 274 g/mol. The molecule has 1 heterocycles. The van der Waals surface area contributed by atoms with Crippen molar-refractivity contribution in [3.05, 3.63) is 57.8 Å². The van der Waals surface area contributed by atoms with Crippen molar-refractivity contribution in [2.75, 3.05) is 5.32 Å². The largest absolute Gasteiger partial charge is 0.389 e. The fourth-order valence-electron chi connectivity index (χ4n) is 2.07. The highest BCUT2D eigenvalue weighted by atomic mass is 16.6. The van der Waals surface area contributed by atoms with Gasteiger partial charge >= 0.3 is 5.82 Å². The fourth-order valence-corrected chi connectivity index (χ4v) is 2.07. The van der Waals surface area contributed by atoms with Gasteiger partial charge in [0.15, 0.2) is 5.69 Å². The third-order valence-corrected chi connectivity index (χ3v) is 3.17. The molecule has 1 amide bonds. The SMILES string of the molecule is CC(O)c1ccccc1NC(=O)c1ccc([N+](=O)[O-])n1C. The van der Waals surface area contributed by atoms with Crippen LogP contribution in [0.3, 0.4) is 0 Å². The zero-order valence-electron chi connectivity index (χ0n) is 11.6. The Morgan fingerprint density at radius 2 is 2.00 bits per heavy atom. The number of aromatic nitrogens is 1. The van der Waals surface area contributed by atoms with Crippen LogP contribution >= 0.6 is 0 Å². The van der Waals surface area contributed by atoms with E-state index < -0.39 is 16.9 Å². The molecule has 1 atom stereocenters. The van der Waals surface area contributed by atoms with Crippen LogP contribution in [0.2, 0.25) is 0 Å². The summed E-state index contributed by atoms with van der Waals surface area (Å²) >= 11 is 0. The van der Waals surface area contributed by atoms with Gasteiger partial charge in [0.2, 0.25) is 0 Å². The van der Waals surface area contributed by atoms with Crippen molar-refractivity contribution in [1.82, 2.24) is 4.57 Å². The molecular formula is C14H15N3O4. The standard InChI is InChI=1S/C14H15N3O4/c1-9(18)10-5-3-4-6-11(10)15-14(19)12-7-8-13(16(12)2)17(20)21/h3-9,18H,1-2H3,(H,15,19). The summed E-state index contributed by atoms with van der Waals surface area (Å²) in [6.45, 7) is 1.60. The summed E-state index contributed by atoms with van der Waals surface area (Å²) < 4.78 is 1.21. The summed E-state index contributed by atoms with van der Waals surface area (Å²) in [6.07, 6.45) is -0.732. The summed E-state index contributed by atoms with van der Waals surface area (Å²) in [5, 5.41) is 23.1. The lowest BCUT2D eigenvalue weighted by Crippen LogP contribution is -2.17. The van der Waals surface area contributed by atoms with Crippen LogP contribution < -0.4 is 5.32 Å². The number of amides is 1. The normalized spacial score (nSPS) is 12.0. The molecule has 0 radical (unpaired) electrons. The molecule has 0 fully saturated rings. The number of para-hydroxylation sites is 1. The van der Waals surface area contributed by atoms with Crippen LogP contribution in [-0.2, 0) is 7.05 Å². The van der Waals surface area contributed by atoms with Gasteiger partial charge in [-0.05, 0) is 24.0 Å². The summed E-state index contributed by atoms with van der Waals surface area (Å²) in [6, 6.07) is 9.51. The summed E-state index contributed by atoms with van der Waals surface area (Å²) in [5.74, 6) is -0.636. The number of nitrogens with zero attached hydrogens (tertiary/aromatic N) is 2. The van der Waals surface area contributed by atoms with Crippen LogP contribution in [0.15, 0.2) is 36.4 Å². The first-order valence-electron chi connectivity index (χ1n) is 6.30. The van der Waals surface area contributed by atoms with Gasteiger partial charge in [0.05, 0.1) is 13.2 Å². The monoisotopic (exact) mass is 289 g/mol. The van der Waals surface area contributed by atoms with E-state index in [-0.39, 0.29) is 11.5 Å². The third-order valence-electron chi connectivity index (χ3n) is 3.17. The third kappa shape index (κ3) is 2.92. The first-order valence-corrected chi connectivity index (χ1v) is 6.30. The molecule has 2 aromatic rings.